The molecule has 0 unspecified atom stereocenters. The summed E-state index contributed by atoms with van der Waals surface area (Å²) in [6.45, 7) is 1.90. The summed E-state index contributed by atoms with van der Waals surface area (Å²) in [5.74, 6) is 6.32. The molecule has 0 aromatic heterocycles. The first kappa shape index (κ1) is 11.7. The standard InChI is InChI=1S/C14H16N2O/c15-11-13-5-1-4-12(10-13)6-2-8-16-9-3-7-14(16)17/h1,4-5,10H,3,7-9,11,15H2. The van der Waals surface area contributed by atoms with Gasteiger partial charge >= 0.3 is 0 Å². The van der Waals surface area contributed by atoms with Crippen molar-refractivity contribution in [1.82, 2.24) is 4.90 Å². The van der Waals surface area contributed by atoms with Gasteiger partial charge in [0, 0.05) is 25.1 Å². The van der Waals surface area contributed by atoms with E-state index in [1.807, 2.05) is 24.3 Å². The van der Waals surface area contributed by atoms with Gasteiger partial charge in [-0.1, -0.05) is 24.0 Å². The highest BCUT2D eigenvalue weighted by Crippen LogP contribution is 2.08. The average molecular weight is 228 g/mol. The summed E-state index contributed by atoms with van der Waals surface area (Å²) in [6.07, 6.45) is 1.63. The van der Waals surface area contributed by atoms with Gasteiger partial charge in [-0.3, -0.25) is 4.79 Å². The number of nitrogens with zero attached hydrogens (tertiary/aromatic N) is 1. The summed E-state index contributed by atoms with van der Waals surface area (Å²) in [6, 6.07) is 7.87. The van der Waals surface area contributed by atoms with Gasteiger partial charge in [0.25, 0.3) is 0 Å². The van der Waals surface area contributed by atoms with Crippen LogP contribution in [0.2, 0.25) is 0 Å². The molecule has 1 heterocycles. The quantitative estimate of drug-likeness (QED) is 0.771. The molecule has 3 heteroatoms. The van der Waals surface area contributed by atoms with Crippen molar-refractivity contribution in [2.24, 2.45) is 5.73 Å². The summed E-state index contributed by atoms with van der Waals surface area (Å²) < 4.78 is 0. The van der Waals surface area contributed by atoms with Crippen molar-refractivity contribution in [3.8, 4) is 11.8 Å². The molecule has 0 radical (unpaired) electrons. The van der Waals surface area contributed by atoms with E-state index in [0.29, 0.717) is 19.5 Å². The van der Waals surface area contributed by atoms with Gasteiger partial charge in [-0.2, -0.15) is 0 Å². The number of rotatable bonds is 2. The number of carbonyl (C=O) groups is 1. The second kappa shape index (κ2) is 5.51. The first-order valence-corrected chi connectivity index (χ1v) is 5.85. The Morgan fingerprint density at radius 1 is 1.41 bits per heavy atom. The van der Waals surface area contributed by atoms with Gasteiger partial charge in [0.05, 0.1) is 6.54 Å². The fourth-order valence-corrected chi connectivity index (χ4v) is 1.88. The van der Waals surface area contributed by atoms with Crippen LogP contribution in [-0.4, -0.2) is 23.9 Å². The van der Waals surface area contributed by atoms with E-state index in [1.54, 1.807) is 4.90 Å². The number of likely N-dealkylation sites (tertiary alicyclic amines) is 1. The smallest absolute Gasteiger partial charge is 0.223 e. The van der Waals surface area contributed by atoms with Gasteiger partial charge in [0.2, 0.25) is 5.91 Å². The van der Waals surface area contributed by atoms with Gasteiger partial charge in [-0.15, -0.1) is 0 Å². The Morgan fingerprint density at radius 3 is 3.00 bits per heavy atom. The molecule has 1 aromatic carbocycles. The highest BCUT2D eigenvalue weighted by molar-refractivity contribution is 5.78. The number of amides is 1. The zero-order valence-corrected chi connectivity index (χ0v) is 9.78. The molecular formula is C14H16N2O. The van der Waals surface area contributed by atoms with Crippen LogP contribution >= 0.6 is 0 Å². The molecule has 1 aliphatic rings. The lowest BCUT2D eigenvalue weighted by Gasteiger charge is -2.09. The van der Waals surface area contributed by atoms with Crippen LogP contribution in [0.4, 0.5) is 0 Å². The molecule has 0 bridgehead atoms. The highest BCUT2D eigenvalue weighted by Gasteiger charge is 2.18. The molecule has 3 nitrogen and oxygen atoms in total. The number of benzene rings is 1. The minimum absolute atomic E-state index is 0.218. The van der Waals surface area contributed by atoms with Crippen molar-refractivity contribution in [2.75, 3.05) is 13.1 Å². The fraction of sp³-hybridized carbons (Fsp3) is 0.357. The summed E-state index contributed by atoms with van der Waals surface area (Å²) in [4.78, 5) is 13.2. The third kappa shape index (κ3) is 3.08. The Kier molecular flexibility index (Phi) is 3.79. The Bertz CT molecular complexity index is 471. The molecule has 0 aliphatic carbocycles. The van der Waals surface area contributed by atoms with Crippen molar-refractivity contribution in [2.45, 2.75) is 19.4 Å². The summed E-state index contributed by atoms with van der Waals surface area (Å²) in [5.41, 5.74) is 7.60. The minimum Gasteiger partial charge on any atom is -0.332 e. The molecular weight excluding hydrogens is 212 g/mol. The average Bonchev–Trinajstić information content (AvgIpc) is 2.76. The van der Waals surface area contributed by atoms with Crippen molar-refractivity contribution in [3.05, 3.63) is 35.4 Å². The fourth-order valence-electron chi connectivity index (χ4n) is 1.88. The van der Waals surface area contributed by atoms with E-state index in [1.165, 1.54) is 0 Å². The monoisotopic (exact) mass is 228 g/mol. The zero-order valence-electron chi connectivity index (χ0n) is 9.78. The van der Waals surface area contributed by atoms with Crippen LogP contribution < -0.4 is 5.73 Å². The summed E-state index contributed by atoms with van der Waals surface area (Å²) in [5, 5.41) is 0. The predicted octanol–water partition coefficient (Wildman–Crippen LogP) is 1.12. The molecule has 1 saturated heterocycles. The second-order valence-corrected chi connectivity index (χ2v) is 4.13. The Labute approximate surface area is 102 Å². The maximum atomic E-state index is 11.4. The lowest BCUT2D eigenvalue weighted by atomic mass is 10.1. The van der Waals surface area contributed by atoms with E-state index in [-0.39, 0.29) is 5.91 Å². The normalized spacial score (nSPS) is 14.6. The molecule has 88 valence electrons. The summed E-state index contributed by atoms with van der Waals surface area (Å²) in [7, 11) is 0. The van der Waals surface area contributed by atoms with E-state index in [0.717, 1.165) is 24.1 Å². The number of hydrogen-bond acceptors (Lipinski definition) is 2. The lowest BCUT2D eigenvalue weighted by molar-refractivity contribution is -0.127. The Balaban J connectivity index is 1.98. The maximum Gasteiger partial charge on any atom is 0.223 e. The van der Waals surface area contributed by atoms with Crippen molar-refractivity contribution in [1.29, 1.82) is 0 Å². The Morgan fingerprint density at radius 2 is 2.29 bits per heavy atom. The second-order valence-electron chi connectivity index (χ2n) is 4.13. The third-order valence-corrected chi connectivity index (χ3v) is 2.84. The number of hydrogen-bond donors (Lipinski definition) is 1. The van der Waals surface area contributed by atoms with E-state index >= 15 is 0 Å². The van der Waals surface area contributed by atoms with E-state index < -0.39 is 0 Å². The van der Waals surface area contributed by atoms with Crippen molar-refractivity contribution in [3.63, 3.8) is 0 Å². The van der Waals surface area contributed by atoms with Crippen LogP contribution in [0.3, 0.4) is 0 Å². The first-order chi connectivity index (χ1) is 8.29. The molecule has 2 rings (SSSR count). The van der Waals surface area contributed by atoms with Crippen LogP contribution in [0.15, 0.2) is 24.3 Å². The van der Waals surface area contributed by atoms with Gasteiger partial charge in [0.1, 0.15) is 0 Å². The zero-order chi connectivity index (χ0) is 12.1. The first-order valence-electron chi connectivity index (χ1n) is 5.85. The van der Waals surface area contributed by atoms with Gasteiger partial charge < -0.3 is 10.6 Å². The van der Waals surface area contributed by atoms with Crippen LogP contribution in [-0.2, 0) is 11.3 Å². The number of carbonyl (C=O) groups excluding carboxylic acids is 1. The molecule has 1 amide bonds. The van der Waals surface area contributed by atoms with Crippen LogP contribution in [0.25, 0.3) is 0 Å². The third-order valence-electron chi connectivity index (χ3n) is 2.84. The molecule has 1 aromatic rings. The van der Waals surface area contributed by atoms with Gasteiger partial charge in [-0.05, 0) is 24.1 Å². The van der Waals surface area contributed by atoms with Crippen molar-refractivity contribution >= 4 is 5.91 Å². The van der Waals surface area contributed by atoms with Gasteiger partial charge in [-0.25, -0.2) is 0 Å². The molecule has 0 spiro atoms. The lowest BCUT2D eigenvalue weighted by Crippen LogP contribution is -2.24. The Hall–Kier alpha value is -1.79. The minimum atomic E-state index is 0.218. The van der Waals surface area contributed by atoms with Crippen molar-refractivity contribution < 1.29 is 4.79 Å². The molecule has 0 atom stereocenters. The SMILES string of the molecule is NCc1cccc(C#CCN2CCCC2=O)c1. The predicted molar refractivity (Wildman–Crippen MR) is 67.0 cm³/mol. The van der Waals surface area contributed by atoms with E-state index in [9.17, 15) is 4.79 Å². The maximum absolute atomic E-state index is 11.4. The van der Waals surface area contributed by atoms with E-state index in [2.05, 4.69) is 11.8 Å². The molecule has 2 N–H and O–H groups in total. The topological polar surface area (TPSA) is 46.3 Å². The van der Waals surface area contributed by atoms with E-state index in [4.69, 9.17) is 5.73 Å². The molecule has 17 heavy (non-hydrogen) atoms. The van der Waals surface area contributed by atoms with Crippen LogP contribution in [0.1, 0.15) is 24.0 Å². The summed E-state index contributed by atoms with van der Waals surface area (Å²) >= 11 is 0. The molecule has 1 fully saturated rings. The van der Waals surface area contributed by atoms with Crippen LogP contribution in [0, 0.1) is 11.8 Å². The molecule has 0 saturated carbocycles. The van der Waals surface area contributed by atoms with Gasteiger partial charge in [0.15, 0.2) is 0 Å². The molecule has 1 aliphatic heterocycles. The number of nitrogens with two attached hydrogens (primary N) is 1. The highest BCUT2D eigenvalue weighted by atomic mass is 16.2. The largest absolute Gasteiger partial charge is 0.332 e. The van der Waals surface area contributed by atoms with Crippen LogP contribution in [0.5, 0.6) is 0 Å².